The lowest BCUT2D eigenvalue weighted by Gasteiger charge is -2.32. The van der Waals surface area contributed by atoms with Gasteiger partial charge in [-0.3, -0.25) is 0 Å². The maximum atomic E-state index is 13.4. The SMILES string of the molecule is CCC(=C(C)F)N1CCCC(=C(F)CN)C1. The molecule has 1 rings (SSSR count). The third-order valence-electron chi connectivity index (χ3n) is 2.97. The van der Waals surface area contributed by atoms with Gasteiger partial charge in [0, 0.05) is 25.3 Å². The van der Waals surface area contributed by atoms with E-state index in [4.69, 9.17) is 5.73 Å². The number of allylic oxidation sites excluding steroid dienone is 2. The predicted octanol–water partition coefficient (Wildman–Crippen LogP) is 2.88. The Balaban J connectivity index is 2.82. The smallest absolute Gasteiger partial charge is 0.116 e. The van der Waals surface area contributed by atoms with Crippen LogP contribution in [-0.4, -0.2) is 24.5 Å². The van der Waals surface area contributed by atoms with Crippen LogP contribution in [0.2, 0.25) is 0 Å². The molecule has 0 aliphatic carbocycles. The molecule has 1 heterocycles. The first-order chi connectivity index (χ1) is 7.60. The first-order valence-electron chi connectivity index (χ1n) is 5.76. The van der Waals surface area contributed by atoms with Gasteiger partial charge in [0.05, 0.1) is 0 Å². The van der Waals surface area contributed by atoms with Gasteiger partial charge in [-0.2, -0.15) is 0 Å². The summed E-state index contributed by atoms with van der Waals surface area (Å²) < 4.78 is 26.6. The van der Waals surface area contributed by atoms with Crippen molar-refractivity contribution in [2.75, 3.05) is 19.6 Å². The Morgan fingerprint density at radius 1 is 1.44 bits per heavy atom. The van der Waals surface area contributed by atoms with Gasteiger partial charge >= 0.3 is 0 Å². The van der Waals surface area contributed by atoms with E-state index in [-0.39, 0.29) is 18.2 Å². The fourth-order valence-electron chi connectivity index (χ4n) is 2.15. The van der Waals surface area contributed by atoms with Crippen molar-refractivity contribution in [1.29, 1.82) is 0 Å². The van der Waals surface area contributed by atoms with Crippen molar-refractivity contribution in [3.8, 4) is 0 Å². The zero-order valence-corrected chi connectivity index (χ0v) is 10.0. The van der Waals surface area contributed by atoms with Crippen LogP contribution in [0.3, 0.4) is 0 Å². The normalized spacial score (nSPS) is 21.9. The van der Waals surface area contributed by atoms with Crippen LogP contribution in [0, 0.1) is 0 Å². The van der Waals surface area contributed by atoms with Crippen molar-refractivity contribution >= 4 is 0 Å². The summed E-state index contributed by atoms with van der Waals surface area (Å²) in [5.41, 5.74) is 6.68. The number of halogens is 2. The number of hydrogen-bond donors (Lipinski definition) is 1. The van der Waals surface area contributed by atoms with E-state index in [1.54, 1.807) is 0 Å². The molecule has 2 nitrogen and oxygen atoms in total. The standard InChI is InChI=1S/C12H20F2N2/c1-3-12(9(2)13)16-6-4-5-10(8-16)11(14)7-15/h3-8,15H2,1-2H3. The van der Waals surface area contributed by atoms with Crippen LogP contribution in [0.15, 0.2) is 22.9 Å². The number of nitrogens with zero attached hydrogens (tertiary/aromatic N) is 1. The van der Waals surface area contributed by atoms with Gasteiger partial charge in [0.1, 0.15) is 11.7 Å². The molecule has 16 heavy (non-hydrogen) atoms. The minimum absolute atomic E-state index is 0.0526. The van der Waals surface area contributed by atoms with E-state index in [0.29, 0.717) is 18.7 Å². The monoisotopic (exact) mass is 230 g/mol. The molecule has 4 heteroatoms. The predicted molar refractivity (Wildman–Crippen MR) is 62.1 cm³/mol. The summed E-state index contributed by atoms with van der Waals surface area (Å²) >= 11 is 0. The van der Waals surface area contributed by atoms with Gasteiger partial charge in [0.15, 0.2) is 0 Å². The fraction of sp³-hybridized carbons (Fsp3) is 0.667. The second-order valence-electron chi connectivity index (χ2n) is 4.07. The van der Waals surface area contributed by atoms with Crippen LogP contribution in [-0.2, 0) is 0 Å². The molecule has 0 amide bonds. The molecule has 0 unspecified atom stereocenters. The molecule has 1 fully saturated rings. The summed E-state index contributed by atoms with van der Waals surface area (Å²) in [6.07, 6.45) is 2.24. The number of likely N-dealkylation sites (tertiary alicyclic amines) is 1. The van der Waals surface area contributed by atoms with Crippen LogP contribution in [0.25, 0.3) is 0 Å². The molecule has 0 aromatic carbocycles. The Kier molecular flexibility index (Phi) is 4.93. The molecule has 0 atom stereocenters. The van der Waals surface area contributed by atoms with Crippen LogP contribution in [0.1, 0.15) is 33.1 Å². The van der Waals surface area contributed by atoms with E-state index in [1.807, 2.05) is 11.8 Å². The van der Waals surface area contributed by atoms with Crippen molar-refractivity contribution < 1.29 is 8.78 Å². The molecule has 0 aromatic heterocycles. The van der Waals surface area contributed by atoms with E-state index >= 15 is 0 Å². The maximum absolute atomic E-state index is 13.4. The highest BCUT2D eigenvalue weighted by molar-refractivity contribution is 5.17. The molecule has 0 radical (unpaired) electrons. The largest absolute Gasteiger partial charge is 0.369 e. The van der Waals surface area contributed by atoms with Crippen LogP contribution in [0.5, 0.6) is 0 Å². The second-order valence-corrected chi connectivity index (χ2v) is 4.07. The molecule has 2 N–H and O–H groups in total. The van der Waals surface area contributed by atoms with Crippen LogP contribution in [0.4, 0.5) is 8.78 Å². The zero-order valence-electron chi connectivity index (χ0n) is 10.0. The molecule has 0 spiro atoms. The minimum Gasteiger partial charge on any atom is -0.369 e. The Hall–Kier alpha value is -0.900. The van der Waals surface area contributed by atoms with E-state index in [1.165, 1.54) is 6.92 Å². The van der Waals surface area contributed by atoms with Crippen molar-refractivity contribution in [2.24, 2.45) is 5.73 Å². The number of hydrogen-bond acceptors (Lipinski definition) is 2. The highest BCUT2D eigenvalue weighted by Crippen LogP contribution is 2.25. The molecule has 0 bridgehead atoms. The number of rotatable bonds is 3. The summed E-state index contributed by atoms with van der Waals surface area (Å²) in [6.45, 7) is 4.59. The highest BCUT2D eigenvalue weighted by atomic mass is 19.1. The summed E-state index contributed by atoms with van der Waals surface area (Å²) in [5.74, 6) is -0.409. The molecule has 1 aliphatic heterocycles. The van der Waals surface area contributed by atoms with Crippen molar-refractivity contribution in [3.05, 3.63) is 22.9 Å². The molecule has 1 aliphatic rings. The zero-order chi connectivity index (χ0) is 12.1. The molecular weight excluding hydrogens is 210 g/mol. The topological polar surface area (TPSA) is 29.3 Å². The fourth-order valence-corrected chi connectivity index (χ4v) is 2.15. The molecule has 0 aromatic rings. The quantitative estimate of drug-likeness (QED) is 0.807. The third-order valence-corrected chi connectivity index (χ3v) is 2.97. The summed E-state index contributed by atoms with van der Waals surface area (Å²) in [4.78, 5) is 1.92. The van der Waals surface area contributed by atoms with E-state index in [0.717, 1.165) is 25.0 Å². The van der Waals surface area contributed by atoms with Gasteiger partial charge in [0.2, 0.25) is 0 Å². The van der Waals surface area contributed by atoms with Crippen molar-refractivity contribution in [3.63, 3.8) is 0 Å². The first-order valence-corrected chi connectivity index (χ1v) is 5.76. The van der Waals surface area contributed by atoms with Crippen LogP contribution < -0.4 is 5.73 Å². The van der Waals surface area contributed by atoms with Gasteiger partial charge in [0.25, 0.3) is 0 Å². The van der Waals surface area contributed by atoms with Crippen molar-refractivity contribution in [1.82, 2.24) is 4.90 Å². The van der Waals surface area contributed by atoms with Gasteiger partial charge in [-0.25, -0.2) is 8.78 Å². The van der Waals surface area contributed by atoms with Crippen LogP contribution >= 0.6 is 0 Å². The summed E-state index contributed by atoms with van der Waals surface area (Å²) in [5, 5.41) is 0. The second kappa shape index (κ2) is 5.99. The average molecular weight is 230 g/mol. The lowest BCUT2D eigenvalue weighted by Crippen LogP contribution is -2.31. The Morgan fingerprint density at radius 3 is 2.62 bits per heavy atom. The first kappa shape index (κ1) is 13.2. The van der Waals surface area contributed by atoms with E-state index in [2.05, 4.69) is 0 Å². The van der Waals surface area contributed by atoms with Crippen molar-refractivity contribution in [2.45, 2.75) is 33.1 Å². The summed E-state index contributed by atoms with van der Waals surface area (Å²) in [7, 11) is 0. The van der Waals surface area contributed by atoms with E-state index in [9.17, 15) is 8.78 Å². The Labute approximate surface area is 95.8 Å². The van der Waals surface area contributed by atoms with E-state index < -0.39 is 0 Å². The van der Waals surface area contributed by atoms with Gasteiger partial charge in [-0.15, -0.1) is 0 Å². The van der Waals surface area contributed by atoms with Gasteiger partial charge in [-0.05, 0) is 31.8 Å². The summed E-state index contributed by atoms with van der Waals surface area (Å²) in [6, 6.07) is 0. The Bertz CT molecular complexity index is 304. The maximum Gasteiger partial charge on any atom is 0.116 e. The average Bonchev–Trinajstić information content (AvgIpc) is 2.29. The number of piperidine rings is 1. The molecule has 1 saturated heterocycles. The van der Waals surface area contributed by atoms with Gasteiger partial charge < -0.3 is 10.6 Å². The minimum atomic E-state index is -0.239. The lowest BCUT2D eigenvalue weighted by molar-refractivity contribution is 0.304. The third kappa shape index (κ3) is 3.04. The molecule has 92 valence electrons. The molecule has 0 saturated carbocycles. The number of nitrogens with two attached hydrogens (primary N) is 1. The molecular formula is C12H20F2N2. The highest BCUT2D eigenvalue weighted by Gasteiger charge is 2.19. The Morgan fingerprint density at radius 2 is 2.12 bits per heavy atom. The lowest BCUT2D eigenvalue weighted by atomic mass is 10.0. The van der Waals surface area contributed by atoms with Gasteiger partial charge in [-0.1, -0.05) is 6.92 Å².